The summed E-state index contributed by atoms with van der Waals surface area (Å²) in [5.74, 6) is -0.276. The molecule has 6 nitrogen and oxygen atoms in total. The molecule has 1 aliphatic carbocycles. The van der Waals surface area contributed by atoms with E-state index < -0.39 is 23.3 Å². The lowest BCUT2D eigenvalue weighted by Crippen LogP contribution is -2.22. The van der Waals surface area contributed by atoms with Crippen LogP contribution in [0.3, 0.4) is 0 Å². The van der Waals surface area contributed by atoms with E-state index >= 15 is 0 Å². The van der Waals surface area contributed by atoms with Crippen LogP contribution in [0.15, 0.2) is 96.7 Å². The number of halogens is 3. The molecule has 186 valence electrons. The van der Waals surface area contributed by atoms with Gasteiger partial charge in [0, 0.05) is 22.7 Å². The number of benzene rings is 2. The van der Waals surface area contributed by atoms with E-state index in [1.807, 2.05) is 67.6 Å². The van der Waals surface area contributed by atoms with Gasteiger partial charge in [0.15, 0.2) is 11.6 Å². The Balaban J connectivity index is 1.59. The highest BCUT2D eigenvalue weighted by molar-refractivity contribution is 5.90. The molecule has 0 fully saturated rings. The monoisotopic (exact) mass is 502 g/mol. The molecule has 37 heavy (non-hydrogen) atoms. The van der Waals surface area contributed by atoms with Crippen LogP contribution < -0.4 is 0 Å². The lowest BCUT2D eigenvalue weighted by molar-refractivity contribution is -0.141. The van der Waals surface area contributed by atoms with Gasteiger partial charge in [-0.1, -0.05) is 61.5 Å². The molecular weight excluding hydrogens is 481 g/mol. The van der Waals surface area contributed by atoms with E-state index in [4.69, 9.17) is 0 Å². The summed E-state index contributed by atoms with van der Waals surface area (Å²) in [5.41, 5.74) is 1.34. The first-order valence-corrected chi connectivity index (χ1v) is 11.4. The minimum absolute atomic E-state index is 0.225. The summed E-state index contributed by atoms with van der Waals surface area (Å²) in [6.07, 6.45) is 2.40. The lowest BCUT2D eigenvalue weighted by atomic mass is 9.75. The largest absolute Gasteiger partial charge is 0.478 e. The van der Waals surface area contributed by atoms with Crippen molar-refractivity contribution in [2.24, 2.45) is 0 Å². The zero-order chi connectivity index (χ0) is 26.2. The van der Waals surface area contributed by atoms with Crippen LogP contribution in [0.5, 0.6) is 0 Å². The number of aromatic nitrogens is 4. The normalized spacial score (nSPS) is 17.5. The standard InChI is InChI=1S/C28H21F3N4O2/c1-27(14-6-8-19(16-27)26(36)37)21-9-5-7-18(15-21)24-33-25(35(34-24)22-10-3-2-4-11-22)20-12-13-23(32-17-20)28(29,30)31/h2-13,15-17H,14H2,1H3,(H,36,37). The molecule has 0 saturated heterocycles. The Kier molecular flexibility index (Phi) is 5.99. The SMILES string of the molecule is CC1(c2cccc(-c3nc(-c4ccc(C(F)(F)F)nc4)n(-c4ccccc4)n3)c2)C=C(C(=O)O)C=CC1. The molecule has 0 saturated carbocycles. The topological polar surface area (TPSA) is 80.9 Å². The number of aliphatic carboxylic acids is 1. The van der Waals surface area contributed by atoms with Gasteiger partial charge in [-0.05, 0) is 42.3 Å². The average Bonchev–Trinajstić information content (AvgIpc) is 3.35. The maximum Gasteiger partial charge on any atom is 0.433 e. The zero-order valence-corrected chi connectivity index (χ0v) is 19.6. The predicted molar refractivity (Wildman–Crippen MR) is 132 cm³/mol. The van der Waals surface area contributed by atoms with Gasteiger partial charge in [0.25, 0.3) is 0 Å². The smallest absolute Gasteiger partial charge is 0.433 e. The Morgan fingerprint density at radius 1 is 1.03 bits per heavy atom. The second-order valence-corrected chi connectivity index (χ2v) is 8.95. The summed E-state index contributed by atoms with van der Waals surface area (Å²) in [6.45, 7) is 1.97. The van der Waals surface area contributed by atoms with E-state index in [9.17, 15) is 23.1 Å². The third-order valence-electron chi connectivity index (χ3n) is 6.26. The third-order valence-corrected chi connectivity index (χ3v) is 6.26. The van der Waals surface area contributed by atoms with Gasteiger partial charge >= 0.3 is 12.1 Å². The molecular formula is C28H21F3N4O2. The molecule has 1 unspecified atom stereocenters. The average molecular weight is 502 g/mol. The Morgan fingerprint density at radius 2 is 1.81 bits per heavy atom. The van der Waals surface area contributed by atoms with Gasteiger partial charge in [-0.25, -0.2) is 14.5 Å². The Hall–Kier alpha value is -4.53. The molecule has 1 N–H and O–H groups in total. The molecule has 1 atom stereocenters. The Labute approximate surface area is 210 Å². The van der Waals surface area contributed by atoms with Gasteiger partial charge in [-0.3, -0.25) is 4.98 Å². The molecule has 0 bridgehead atoms. The molecule has 2 heterocycles. The molecule has 0 radical (unpaired) electrons. The number of carbonyl (C=O) groups is 1. The molecule has 2 aromatic heterocycles. The molecule has 0 aliphatic heterocycles. The van der Waals surface area contributed by atoms with Gasteiger partial charge in [0.2, 0.25) is 0 Å². The number of hydrogen-bond donors (Lipinski definition) is 1. The Morgan fingerprint density at radius 3 is 2.49 bits per heavy atom. The van der Waals surface area contributed by atoms with Crippen LogP contribution in [0.25, 0.3) is 28.5 Å². The van der Waals surface area contributed by atoms with Crippen molar-refractivity contribution >= 4 is 5.97 Å². The van der Waals surface area contributed by atoms with Crippen molar-refractivity contribution in [2.45, 2.75) is 24.9 Å². The molecule has 9 heteroatoms. The minimum atomic E-state index is -4.55. The van der Waals surface area contributed by atoms with Crippen molar-refractivity contribution in [3.63, 3.8) is 0 Å². The second-order valence-electron chi connectivity index (χ2n) is 8.95. The molecule has 0 amide bonds. The van der Waals surface area contributed by atoms with E-state index in [1.54, 1.807) is 16.8 Å². The number of rotatable bonds is 5. The van der Waals surface area contributed by atoms with Crippen LogP contribution in [-0.2, 0) is 16.4 Å². The van der Waals surface area contributed by atoms with Gasteiger partial charge < -0.3 is 5.11 Å². The van der Waals surface area contributed by atoms with E-state index in [1.165, 1.54) is 6.07 Å². The van der Waals surface area contributed by atoms with Crippen molar-refractivity contribution in [3.05, 3.63) is 108 Å². The molecule has 5 rings (SSSR count). The highest BCUT2D eigenvalue weighted by Crippen LogP contribution is 2.36. The zero-order valence-electron chi connectivity index (χ0n) is 19.6. The number of para-hydroxylation sites is 1. The molecule has 4 aromatic rings. The van der Waals surface area contributed by atoms with Crippen LogP contribution in [0.1, 0.15) is 24.6 Å². The summed E-state index contributed by atoms with van der Waals surface area (Å²) in [7, 11) is 0. The third kappa shape index (κ3) is 4.80. The van der Waals surface area contributed by atoms with Gasteiger partial charge in [-0.2, -0.15) is 13.2 Å². The summed E-state index contributed by atoms with van der Waals surface area (Å²) in [5, 5.41) is 14.1. The van der Waals surface area contributed by atoms with Crippen molar-refractivity contribution in [1.82, 2.24) is 19.7 Å². The number of pyridine rings is 1. The number of carboxylic acid groups (broad SMARTS) is 1. The molecule has 0 spiro atoms. The van der Waals surface area contributed by atoms with Gasteiger partial charge in [0.1, 0.15) is 5.69 Å². The lowest BCUT2D eigenvalue weighted by Gasteiger charge is -2.28. The first-order valence-electron chi connectivity index (χ1n) is 11.4. The van der Waals surface area contributed by atoms with Crippen molar-refractivity contribution < 1.29 is 23.1 Å². The fraction of sp³-hybridized carbons (Fsp3) is 0.143. The van der Waals surface area contributed by atoms with Crippen LogP contribution >= 0.6 is 0 Å². The van der Waals surface area contributed by atoms with Crippen LogP contribution in [0, 0.1) is 0 Å². The predicted octanol–water partition coefficient (Wildman–Crippen LogP) is 6.24. The molecule has 2 aromatic carbocycles. The summed E-state index contributed by atoms with van der Waals surface area (Å²) >= 11 is 0. The number of carboxylic acids is 1. The van der Waals surface area contributed by atoms with Crippen LogP contribution in [0.2, 0.25) is 0 Å². The van der Waals surface area contributed by atoms with E-state index in [0.29, 0.717) is 34.9 Å². The van der Waals surface area contributed by atoms with Crippen molar-refractivity contribution in [2.75, 3.05) is 0 Å². The number of alkyl halides is 3. The fourth-order valence-electron chi connectivity index (χ4n) is 4.29. The highest BCUT2D eigenvalue weighted by Gasteiger charge is 2.32. The van der Waals surface area contributed by atoms with Gasteiger partial charge in [0.05, 0.1) is 11.3 Å². The maximum atomic E-state index is 13.0. The minimum Gasteiger partial charge on any atom is -0.478 e. The maximum absolute atomic E-state index is 13.0. The van der Waals surface area contributed by atoms with E-state index in [-0.39, 0.29) is 5.57 Å². The number of hydrogen-bond acceptors (Lipinski definition) is 4. The van der Waals surface area contributed by atoms with Crippen LogP contribution in [-0.4, -0.2) is 30.8 Å². The Bertz CT molecular complexity index is 1520. The fourth-order valence-corrected chi connectivity index (χ4v) is 4.29. The summed E-state index contributed by atoms with van der Waals surface area (Å²) < 4.78 is 40.7. The first-order chi connectivity index (χ1) is 17.6. The summed E-state index contributed by atoms with van der Waals surface area (Å²) in [6, 6.07) is 18.9. The number of allylic oxidation sites excluding steroid dienone is 2. The first kappa shape index (κ1) is 24.2. The second kappa shape index (κ2) is 9.16. The van der Waals surface area contributed by atoms with E-state index in [2.05, 4.69) is 15.1 Å². The van der Waals surface area contributed by atoms with Crippen LogP contribution in [0.4, 0.5) is 13.2 Å². The van der Waals surface area contributed by atoms with Crippen molar-refractivity contribution in [1.29, 1.82) is 0 Å². The number of nitrogens with zero attached hydrogens (tertiary/aromatic N) is 4. The highest BCUT2D eigenvalue weighted by atomic mass is 19.4. The summed E-state index contributed by atoms with van der Waals surface area (Å²) in [4.78, 5) is 19.8. The molecule has 1 aliphatic rings. The quantitative estimate of drug-likeness (QED) is 0.349. The van der Waals surface area contributed by atoms with Gasteiger partial charge in [-0.15, -0.1) is 5.10 Å². The van der Waals surface area contributed by atoms with E-state index in [0.717, 1.165) is 17.8 Å². The van der Waals surface area contributed by atoms with Crippen molar-refractivity contribution in [3.8, 4) is 28.5 Å².